The van der Waals surface area contributed by atoms with E-state index in [0.717, 1.165) is 0 Å². The molecule has 0 bridgehead atoms. The maximum atomic E-state index is 3.57. The third-order valence-electron chi connectivity index (χ3n) is 3.50. The van der Waals surface area contributed by atoms with Crippen molar-refractivity contribution < 1.29 is 0 Å². The fourth-order valence-corrected chi connectivity index (χ4v) is 2.45. The maximum Gasteiger partial charge on any atom is 0.0459 e. The fourth-order valence-electron chi connectivity index (χ4n) is 2.45. The van der Waals surface area contributed by atoms with Gasteiger partial charge in [-0.25, -0.2) is 0 Å². The second kappa shape index (κ2) is 3.90. The number of fused-ring (bicyclic) bond motifs is 1. The molecule has 0 saturated heterocycles. The van der Waals surface area contributed by atoms with E-state index in [-0.39, 0.29) is 5.41 Å². The third kappa shape index (κ3) is 2.11. The van der Waals surface area contributed by atoms with Crippen LogP contribution >= 0.6 is 0 Å². The summed E-state index contributed by atoms with van der Waals surface area (Å²) in [5, 5.41) is 1.38. The first kappa shape index (κ1) is 12.2. The molecule has 1 aromatic carbocycles. The van der Waals surface area contributed by atoms with Crippen molar-refractivity contribution in [2.24, 2.45) is 0 Å². The minimum Gasteiger partial charge on any atom is -0.358 e. The molecule has 0 aliphatic heterocycles. The molecule has 0 aliphatic rings. The number of aryl methyl sites for hydroxylation is 1. The molecular weight excluding hydrogens is 206 g/mol. The maximum absolute atomic E-state index is 3.57. The Labute approximate surface area is 104 Å². The van der Waals surface area contributed by atoms with Gasteiger partial charge in [-0.3, -0.25) is 0 Å². The van der Waals surface area contributed by atoms with Crippen molar-refractivity contribution in [1.29, 1.82) is 0 Å². The smallest absolute Gasteiger partial charge is 0.0459 e. The van der Waals surface area contributed by atoms with E-state index < -0.39 is 0 Å². The summed E-state index contributed by atoms with van der Waals surface area (Å²) in [6.45, 7) is 13.5. The Kier molecular flexibility index (Phi) is 2.81. The highest BCUT2D eigenvalue weighted by atomic mass is 14.7. The molecule has 1 nitrogen and oxygen atoms in total. The first-order valence-electron chi connectivity index (χ1n) is 6.43. The van der Waals surface area contributed by atoms with Gasteiger partial charge < -0.3 is 4.98 Å². The van der Waals surface area contributed by atoms with Crippen LogP contribution in [-0.4, -0.2) is 4.98 Å². The summed E-state index contributed by atoms with van der Waals surface area (Å²) >= 11 is 0. The lowest BCUT2D eigenvalue weighted by atomic mass is 9.89. The minimum absolute atomic E-state index is 0.182. The lowest BCUT2D eigenvalue weighted by Gasteiger charge is -2.17. The van der Waals surface area contributed by atoms with E-state index in [4.69, 9.17) is 0 Å². The van der Waals surface area contributed by atoms with Crippen molar-refractivity contribution in [1.82, 2.24) is 4.98 Å². The van der Waals surface area contributed by atoms with Crippen molar-refractivity contribution >= 4 is 10.9 Å². The van der Waals surface area contributed by atoms with Crippen LogP contribution in [0.4, 0.5) is 0 Å². The van der Waals surface area contributed by atoms with Crippen molar-refractivity contribution in [2.75, 3.05) is 0 Å². The first-order valence-corrected chi connectivity index (χ1v) is 6.43. The van der Waals surface area contributed by atoms with Crippen molar-refractivity contribution in [3.8, 4) is 0 Å². The third-order valence-corrected chi connectivity index (χ3v) is 3.50. The quantitative estimate of drug-likeness (QED) is 0.716. The van der Waals surface area contributed by atoms with Gasteiger partial charge in [-0.1, -0.05) is 40.7 Å². The van der Waals surface area contributed by atoms with Crippen LogP contribution in [0.15, 0.2) is 18.2 Å². The Morgan fingerprint density at radius 1 is 1.12 bits per heavy atom. The molecule has 0 amide bonds. The Bertz CT molecular complexity index is 538. The van der Waals surface area contributed by atoms with E-state index in [1.807, 2.05) is 0 Å². The number of aromatic amines is 1. The van der Waals surface area contributed by atoms with E-state index in [9.17, 15) is 0 Å². The molecule has 2 aromatic rings. The van der Waals surface area contributed by atoms with E-state index in [2.05, 4.69) is 64.7 Å². The van der Waals surface area contributed by atoms with Crippen LogP contribution in [0.3, 0.4) is 0 Å². The van der Waals surface area contributed by atoms with Crippen molar-refractivity contribution in [2.45, 2.75) is 52.9 Å². The second-order valence-corrected chi connectivity index (χ2v) is 6.33. The van der Waals surface area contributed by atoms with Gasteiger partial charge in [0.15, 0.2) is 0 Å². The lowest BCUT2D eigenvalue weighted by molar-refractivity contribution is 0.570. The number of benzene rings is 1. The van der Waals surface area contributed by atoms with Gasteiger partial charge >= 0.3 is 0 Å². The highest BCUT2D eigenvalue weighted by Crippen LogP contribution is 2.32. The molecule has 1 heteroatoms. The lowest BCUT2D eigenvalue weighted by Crippen LogP contribution is -2.12. The van der Waals surface area contributed by atoms with Crippen LogP contribution in [0.25, 0.3) is 10.9 Å². The zero-order valence-corrected chi connectivity index (χ0v) is 11.8. The molecule has 0 saturated carbocycles. The molecule has 0 atom stereocenters. The summed E-state index contributed by atoms with van der Waals surface area (Å²) in [5.74, 6) is 0.590. The van der Waals surface area contributed by atoms with Crippen LogP contribution in [0.1, 0.15) is 57.4 Å². The molecule has 0 spiro atoms. The average Bonchev–Trinajstić information content (AvgIpc) is 2.55. The van der Waals surface area contributed by atoms with Gasteiger partial charge in [-0.05, 0) is 36.1 Å². The van der Waals surface area contributed by atoms with E-state index in [1.165, 1.54) is 27.7 Å². The van der Waals surface area contributed by atoms with Crippen LogP contribution < -0.4 is 0 Å². The van der Waals surface area contributed by atoms with Gasteiger partial charge in [-0.2, -0.15) is 0 Å². The predicted molar refractivity (Wildman–Crippen MR) is 75.8 cm³/mol. The summed E-state index contributed by atoms with van der Waals surface area (Å²) in [4.78, 5) is 3.57. The van der Waals surface area contributed by atoms with Crippen LogP contribution in [-0.2, 0) is 5.41 Å². The van der Waals surface area contributed by atoms with Gasteiger partial charge in [0.25, 0.3) is 0 Å². The Morgan fingerprint density at radius 2 is 1.76 bits per heavy atom. The van der Waals surface area contributed by atoms with E-state index >= 15 is 0 Å². The number of H-pyrrole nitrogens is 1. The zero-order valence-electron chi connectivity index (χ0n) is 11.8. The number of hydrogen-bond acceptors (Lipinski definition) is 0. The largest absolute Gasteiger partial charge is 0.358 e. The zero-order chi connectivity index (χ0) is 12.8. The fraction of sp³-hybridized carbons (Fsp3) is 0.500. The number of nitrogens with one attached hydrogen (secondary N) is 1. The molecule has 1 aromatic heterocycles. The molecule has 2 rings (SSSR count). The summed E-state index contributed by atoms with van der Waals surface area (Å²) < 4.78 is 0. The molecule has 0 unspecified atom stereocenters. The van der Waals surface area contributed by atoms with Gasteiger partial charge in [0, 0.05) is 22.0 Å². The first-order chi connectivity index (χ1) is 7.80. The summed E-state index contributed by atoms with van der Waals surface area (Å²) in [5.41, 5.74) is 5.61. The summed E-state index contributed by atoms with van der Waals surface area (Å²) in [7, 11) is 0. The molecule has 1 heterocycles. The normalized spacial score (nSPS) is 12.6. The minimum atomic E-state index is 0.182. The van der Waals surface area contributed by atoms with Gasteiger partial charge in [-0.15, -0.1) is 0 Å². The monoisotopic (exact) mass is 229 g/mol. The van der Waals surface area contributed by atoms with Gasteiger partial charge in [0.1, 0.15) is 0 Å². The molecule has 1 N–H and O–H groups in total. The highest BCUT2D eigenvalue weighted by molar-refractivity contribution is 5.85. The number of rotatable bonds is 1. The molecule has 0 aliphatic carbocycles. The second-order valence-electron chi connectivity index (χ2n) is 6.33. The topological polar surface area (TPSA) is 15.8 Å². The Morgan fingerprint density at radius 3 is 2.29 bits per heavy atom. The number of aromatic nitrogens is 1. The number of hydrogen-bond donors (Lipinski definition) is 1. The molecule has 0 fully saturated rings. The highest BCUT2D eigenvalue weighted by Gasteiger charge is 2.20. The summed E-state index contributed by atoms with van der Waals surface area (Å²) in [6.07, 6.45) is 0. The van der Waals surface area contributed by atoms with Gasteiger partial charge in [0.05, 0.1) is 0 Å². The van der Waals surface area contributed by atoms with Crippen LogP contribution in [0, 0.1) is 6.92 Å². The van der Waals surface area contributed by atoms with Gasteiger partial charge in [0.2, 0.25) is 0 Å². The molecule has 0 radical (unpaired) electrons. The van der Waals surface area contributed by atoms with E-state index in [1.54, 1.807) is 0 Å². The van der Waals surface area contributed by atoms with Crippen molar-refractivity contribution in [3.63, 3.8) is 0 Å². The molecule has 17 heavy (non-hydrogen) atoms. The Balaban J connectivity index is 2.67. The van der Waals surface area contributed by atoms with Crippen molar-refractivity contribution in [3.05, 3.63) is 35.0 Å². The average molecular weight is 229 g/mol. The van der Waals surface area contributed by atoms with Crippen LogP contribution in [0.2, 0.25) is 0 Å². The SMILES string of the molecule is Cc1c(C(C)(C)C)[nH]c2ccc(C(C)C)cc12. The summed E-state index contributed by atoms with van der Waals surface area (Å²) in [6, 6.07) is 6.78. The molecular formula is C16H23N. The predicted octanol–water partition coefficient (Wildman–Crippen LogP) is 4.90. The van der Waals surface area contributed by atoms with Crippen LogP contribution in [0.5, 0.6) is 0 Å². The Hall–Kier alpha value is -1.24. The molecule has 92 valence electrons. The standard InChI is InChI=1S/C16H23N/c1-10(2)12-7-8-14-13(9-12)11(3)15(17-14)16(4,5)6/h7-10,17H,1-6H3. The van der Waals surface area contributed by atoms with E-state index in [0.29, 0.717) is 5.92 Å².